The van der Waals surface area contributed by atoms with Crippen LogP contribution >= 0.6 is 11.6 Å². The van der Waals surface area contributed by atoms with E-state index in [-0.39, 0.29) is 28.4 Å². The summed E-state index contributed by atoms with van der Waals surface area (Å²) in [5.41, 5.74) is 1.33. The SMILES string of the molecule is [B]C1([B])OC([B])([B])C([B])([B])N(C(=O)c2cc(-c3cc(Cl)c4c(c3)CN(C(C)C3CC3)C4=O)on2)C1([B])[B]. The van der Waals surface area contributed by atoms with Crippen molar-refractivity contribution in [3.05, 3.63) is 40.0 Å². The predicted octanol–water partition coefficient (Wildman–Crippen LogP) is -0.815. The maximum absolute atomic E-state index is 13.5. The molecule has 3 heterocycles. The molecule has 5 rings (SSSR count). The van der Waals surface area contributed by atoms with E-state index in [9.17, 15) is 9.59 Å². The Morgan fingerprint density at radius 3 is 2.22 bits per heavy atom. The minimum atomic E-state index is -2.48. The molecule has 1 saturated carbocycles. The van der Waals surface area contributed by atoms with Crippen LogP contribution in [0.4, 0.5) is 0 Å². The Labute approximate surface area is 230 Å². The minimum absolute atomic E-state index is 0.109. The molecule has 2 amide bonds. The van der Waals surface area contributed by atoms with Crippen LogP contribution in [0.25, 0.3) is 11.3 Å². The molecule has 16 radical (unpaired) electrons. The number of carbonyl (C=O) groups is 2. The Balaban J connectivity index is 1.47. The zero-order chi connectivity index (χ0) is 27.3. The lowest BCUT2D eigenvalue weighted by Crippen LogP contribution is -2.86. The molecule has 1 aliphatic carbocycles. The van der Waals surface area contributed by atoms with E-state index in [2.05, 4.69) is 5.16 Å². The highest BCUT2D eigenvalue weighted by atomic mass is 35.5. The third kappa shape index (κ3) is 3.98. The number of fused-ring (bicyclic) bond motifs is 1. The van der Waals surface area contributed by atoms with E-state index in [0.717, 1.165) is 18.4 Å². The van der Waals surface area contributed by atoms with Crippen molar-refractivity contribution >= 4 is 86.2 Å². The van der Waals surface area contributed by atoms with Gasteiger partial charge in [0.05, 0.1) is 42.0 Å². The van der Waals surface area contributed by atoms with E-state index in [0.29, 0.717) is 28.5 Å². The topological polar surface area (TPSA) is 75.9 Å². The monoisotopic (exact) mass is 495 g/mol. The summed E-state index contributed by atoms with van der Waals surface area (Å²) in [6, 6.07) is 4.70. The van der Waals surface area contributed by atoms with Gasteiger partial charge >= 0.3 is 0 Å². The lowest BCUT2D eigenvalue weighted by Gasteiger charge is -2.69. The molecule has 2 fully saturated rings. The first-order valence-electron chi connectivity index (χ1n) is 11.5. The Morgan fingerprint density at radius 2 is 1.65 bits per heavy atom. The summed E-state index contributed by atoms with van der Waals surface area (Å²) in [5.74, 6) is -0.508. The molecule has 2 aromatic rings. The summed E-state index contributed by atoms with van der Waals surface area (Å²) in [5, 5.41) is -5.82. The first-order chi connectivity index (χ1) is 17.0. The van der Waals surface area contributed by atoms with Crippen molar-refractivity contribution in [3.8, 4) is 11.3 Å². The molecule has 0 N–H and O–H groups in total. The number of rotatable bonds is 4. The third-order valence-electron chi connectivity index (χ3n) is 7.33. The van der Waals surface area contributed by atoms with Crippen molar-refractivity contribution in [1.29, 1.82) is 0 Å². The zero-order valence-electron chi connectivity index (χ0n) is 20.0. The van der Waals surface area contributed by atoms with E-state index in [4.69, 9.17) is 83.6 Å². The first-order valence-corrected chi connectivity index (χ1v) is 11.8. The number of hydrogen-bond acceptors (Lipinski definition) is 5. The number of halogens is 1. The van der Waals surface area contributed by atoms with Crippen LogP contribution in [0.15, 0.2) is 22.7 Å². The number of ether oxygens (including phenoxy) is 1. The van der Waals surface area contributed by atoms with Crippen LogP contribution in [0.1, 0.15) is 46.2 Å². The number of aromatic nitrogens is 1. The van der Waals surface area contributed by atoms with Gasteiger partial charge < -0.3 is 19.1 Å². The molecule has 1 saturated heterocycles. The molecule has 2 aliphatic heterocycles. The van der Waals surface area contributed by atoms with E-state index >= 15 is 0 Å². The molecule has 1 unspecified atom stereocenters. The van der Waals surface area contributed by atoms with Crippen LogP contribution < -0.4 is 0 Å². The molecule has 7 nitrogen and oxygen atoms in total. The van der Waals surface area contributed by atoms with Crippen molar-refractivity contribution in [3.63, 3.8) is 0 Å². The molecule has 0 spiro atoms. The third-order valence-corrected chi connectivity index (χ3v) is 7.63. The Kier molecular flexibility index (Phi) is 6.01. The van der Waals surface area contributed by atoms with Gasteiger partial charge in [-0.3, -0.25) is 9.59 Å². The smallest absolute Gasteiger partial charge is 0.274 e. The van der Waals surface area contributed by atoms with Crippen molar-refractivity contribution in [2.75, 3.05) is 0 Å². The molecular formula is C21H14B8ClN3O4. The summed E-state index contributed by atoms with van der Waals surface area (Å²) in [6.45, 7) is 2.44. The molecule has 1 atom stereocenters. The molecule has 1 aromatic heterocycles. The van der Waals surface area contributed by atoms with Crippen LogP contribution in [0.5, 0.6) is 0 Å². The summed E-state index contributed by atoms with van der Waals surface area (Å²) in [4.78, 5) is 28.8. The van der Waals surface area contributed by atoms with Gasteiger partial charge in [-0.2, -0.15) is 0 Å². The Bertz CT molecular complexity index is 1290. The molecular weight excluding hydrogens is 480 g/mol. The minimum Gasteiger partial charge on any atom is -0.405 e. The predicted molar refractivity (Wildman–Crippen MR) is 143 cm³/mol. The van der Waals surface area contributed by atoms with Gasteiger partial charge in [0.1, 0.15) is 31.4 Å². The second kappa shape index (κ2) is 8.32. The number of carbonyl (C=O) groups excluding carboxylic acids is 2. The second-order valence-corrected chi connectivity index (χ2v) is 10.5. The van der Waals surface area contributed by atoms with E-state index < -0.39 is 27.4 Å². The molecule has 168 valence electrons. The van der Waals surface area contributed by atoms with Crippen LogP contribution in [-0.4, -0.2) is 117 Å². The van der Waals surface area contributed by atoms with Gasteiger partial charge in [-0.05, 0) is 64.9 Å². The Morgan fingerprint density at radius 1 is 1.05 bits per heavy atom. The second-order valence-electron chi connectivity index (χ2n) is 10.1. The molecule has 37 heavy (non-hydrogen) atoms. The van der Waals surface area contributed by atoms with Gasteiger partial charge in [-0.1, -0.05) is 16.8 Å². The average molecular weight is 494 g/mol. The number of morpholine rings is 1. The number of benzene rings is 1. The summed E-state index contributed by atoms with van der Waals surface area (Å²) in [7, 11) is 47.5. The number of nitrogens with zero attached hydrogens (tertiary/aromatic N) is 3. The highest BCUT2D eigenvalue weighted by Crippen LogP contribution is 2.42. The van der Waals surface area contributed by atoms with Gasteiger partial charge in [-0.15, -0.1) is 0 Å². The van der Waals surface area contributed by atoms with Crippen molar-refractivity contribution in [2.24, 2.45) is 5.92 Å². The fourth-order valence-electron chi connectivity index (χ4n) is 4.79. The highest BCUT2D eigenvalue weighted by Gasteiger charge is 2.58. The molecule has 0 bridgehead atoms. The average Bonchev–Trinajstić information content (AvgIpc) is 3.39. The fraction of sp³-hybridized carbons (Fsp3) is 0.476. The van der Waals surface area contributed by atoms with Gasteiger partial charge in [0.15, 0.2) is 11.5 Å². The standard InChI is InChI=1S/C21H14B8ClN3O4/c1-8(9-2-3-9)32-7-11-4-10(5-12(30)15(11)17(32)35)14-6-13(31-36-14)16(34)33-18(22,23)20(26,27)37-21(28,29)19(33,24)25/h4-6,8-9H,2-3,7H2,1H3. The quantitative estimate of drug-likeness (QED) is 0.520. The van der Waals surface area contributed by atoms with Crippen molar-refractivity contribution in [2.45, 2.75) is 53.8 Å². The maximum atomic E-state index is 13.5. The lowest BCUT2D eigenvalue weighted by molar-refractivity contribution is -0.0967. The number of amides is 2. The number of hydrogen-bond donors (Lipinski definition) is 0. The van der Waals surface area contributed by atoms with Gasteiger partial charge in [0.25, 0.3) is 11.8 Å². The van der Waals surface area contributed by atoms with Crippen LogP contribution in [0.2, 0.25) is 5.02 Å². The molecule has 3 aliphatic rings. The zero-order valence-corrected chi connectivity index (χ0v) is 20.7. The van der Waals surface area contributed by atoms with Gasteiger partial charge in [-0.25, -0.2) is 0 Å². The molecule has 16 heteroatoms. The normalized spacial score (nSPS) is 24.0. The van der Waals surface area contributed by atoms with Crippen LogP contribution in [0.3, 0.4) is 0 Å². The van der Waals surface area contributed by atoms with Crippen LogP contribution in [-0.2, 0) is 11.3 Å². The summed E-state index contributed by atoms with van der Waals surface area (Å²) < 4.78 is 10.5. The van der Waals surface area contributed by atoms with E-state index in [1.54, 1.807) is 12.1 Å². The van der Waals surface area contributed by atoms with Crippen LogP contribution in [0, 0.1) is 5.92 Å². The fourth-order valence-corrected chi connectivity index (χ4v) is 5.11. The van der Waals surface area contributed by atoms with Gasteiger partial charge in [0.2, 0.25) is 0 Å². The lowest BCUT2D eigenvalue weighted by atomic mass is 9.30. The first kappa shape index (κ1) is 26.7. The van der Waals surface area contributed by atoms with Gasteiger partial charge in [0, 0.05) is 24.2 Å². The van der Waals surface area contributed by atoms with E-state index in [1.807, 2.05) is 11.8 Å². The van der Waals surface area contributed by atoms with Crippen molar-refractivity contribution < 1.29 is 18.8 Å². The molecule has 1 aromatic carbocycles. The Hall–Kier alpha value is -1.86. The summed E-state index contributed by atoms with van der Waals surface area (Å²) in [6.07, 6.45) is 2.20. The largest absolute Gasteiger partial charge is 0.405 e. The summed E-state index contributed by atoms with van der Waals surface area (Å²) >= 11 is 6.49. The highest BCUT2D eigenvalue weighted by molar-refractivity contribution is 6.60. The maximum Gasteiger partial charge on any atom is 0.274 e. The van der Waals surface area contributed by atoms with Crippen molar-refractivity contribution in [1.82, 2.24) is 15.0 Å². The van der Waals surface area contributed by atoms with E-state index in [1.165, 1.54) is 6.07 Å².